The van der Waals surface area contributed by atoms with Gasteiger partial charge in [0.05, 0.1) is 26.9 Å². The monoisotopic (exact) mass is 235 g/mol. The van der Waals surface area contributed by atoms with Gasteiger partial charge in [0, 0.05) is 6.07 Å². The van der Waals surface area contributed by atoms with Gasteiger partial charge in [0.1, 0.15) is 6.42 Å². The van der Waals surface area contributed by atoms with Crippen molar-refractivity contribution < 1.29 is 19.0 Å². The molecule has 1 aromatic rings. The summed E-state index contributed by atoms with van der Waals surface area (Å²) in [5.41, 5.74) is 0.595. The van der Waals surface area contributed by atoms with E-state index in [9.17, 15) is 4.79 Å². The predicted molar refractivity (Wildman–Crippen MR) is 60.9 cm³/mol. The molecule has 0 saturated heterocycles. The molecule has 0 aliphatic carbocycles. The fraction of sp³-hybridized carbons (Fsp3) is 0.333. The smallest absolute Gasteiger partial charge is 0.317 e. The van der Waals surface area contributed by atoms with Gasteiger partial charge in [-0.25, -0.2) is 0 Å². The number of pyridine rings is 1. The first-order valence-electron chi connectivity index (χ1n) is 4.86. The number of aromatic nitrogens is 1. The van der Waals surface area contributed by atoms with Gasteiger partial charge < -0.3 is 14.2 Å². The lowest BCUT2D eigenvalue weighted by Gasteiger charge is -2.04. The van der Waals surface area contributed by atoms with Gasteiger partial charge in [-0.2, -0.15) is 4.98 Å². The third kappa shape index (κ3) is 3.68. The molecule has 90 valence electrons. The van der Waals surface area contributed by atoms with Crippen molar-refractivity contribution in [1.29, 1.82) is 0 Å². The van der Waals surface area contributed by atoms with Gasteiger partial charge in [-0.05, 0) is 6.07 Å². The first kappa shape index (κ1) is 12.8. The molecule has 0 N–H and O–H groups in total. The second kappa shape index (κ2) is 6.38. The highest BCUT2D eigenvalue weighted by Gasteiger charge is 2.04. The molecule has 1 rings (SSSR count). The van der Waals surface area contributed by atoms with Crippen LogP contribution in [0.5, 0.6) is 11.8 Å². The summed E-state index contributed by atoms with van der Waals surface area (Å²) in [6.07, 6.45) is 0.0334. The van der Waals surface area contributed by atoms with E-state index >= 15 is 0 Å². The highest BCUT2D eigenvalue weighted by Crippen LogP contribution is 2.18. The lowest BCUT2D eigenvalue weighted by atomic mass is 10.2. The lowest BCUT2D eigenvalue weighted by molar-refractivity contribution is -0.139. The zero-order valence-corrected chi connectivity index (χ0v) is 9.94. The SMILES string of the molecule is COC(=O)CC#Cc1ccc(OC)nc1OC. The molecule has 0 bridgehead atoms. The molecule has 0 aliphatic heterocycles. The molecule has 0 saturated carbocycles. The van der Waals surface area contributed by atoms with E-state index in [1.165, 1.54) is 21.3 Å². The van der Waals surface area contributed by atoms with Crippen LogP contribution in [0.15, 0.2) is 12.1 Å². The van der Waals surface area contributed by atoms with Crippen LogP contribution >= 0.6 is 0 Å². The van der Waals surface area contributed by atoms with E-state index in [1.807, 2.05) is 0 Å². The van der Waals surface area contributed by atoms with E-state index in [-0.39, 0.29) is 12.4 Å². The molecule has 0 amide bonds. The summed E-state index contributed by atoms with van der Waals surface area (Å²) in [4.78, 5) is 14.9. The van der Waals surface area contributed by atoms with E-state index in [4.69, 9.17) is 9.47 Å². The number of carbonyl (C=O) groups is 1. The first-order chi connectivity index (χ1) is 8.21. The summed E-state index contributed by atoms with van der Waals surface area (Å²) in [6, 6.07) is 3.39. The van der Waals surface area contributed by atoms with Crippen molar-refractivity contribution >= 4 is 5.97 Å². The zero-order chi connectivity index (χ0) is 12.7. The third-order valence-electron chi connectivity index (χ3n) is 1.92. The number of hydrogen-bond acceptors (Lipinski definition) is 5. The van der Waals surface area contributed by atoms with Crippen molar-refractivity contribution in [3.05, 3.63) is 17.7 Å². The largest absolute Gasteiger partial charge is 0.481 e. The Morgan fingerprint density at radius 2 is 2.06 bits per heavy atom. The first-order valence-corrected chi connectivity index (χ1v) is 4.86. The molecule has 1 heterocycles. The molecular weight excluding hydrogens is 222 g/mol. The van der Waals surface area contributed by atoms with Gasteiger partial charge in [-0.3, -0.25) is 4.79 Å². The average Bonchev–Trinajstić information content (AvgIpc) is 2.38. The molecule has 17 heavy (non-hydrogen) atoms. The number of ether oxygens (including phenoxy) is 3. The highest BCUT2D eigenvalue weighted by atomic mass is 16.5. The standard InChI is InChI=1S/C12H13NO4/c1-15-10-8-7-9(12(13-10)17-3)5-4-6-11(14)16-2/h7-8H,6H2,1-3H3. The Labute approximate surface area is 99.7 Å². The quantitative estimate of drug-likeness (QED) is 0.578. The maximum absolute atomic E-state index is 10.9. The normalized spacial score (nSPS) is 8.88. The van der Waals surface area contributed by atoms with E-state index in [2.05, 4.69) is 21.6 Å². The fourth-order valence-corrected chi connectivity index (χ4v) is 1.07. The van der Waals surface area contributed by atoms with E-state index in [0.29, 0.717) is 17.3 Å². The molecular formula is C12H13NO4. The molecule has 0 unspecified atom stereocenters. The summed E-state index contributed by atoms with van der Waals surface area (Å²) in [5, 5.41) is 0. The Bertz CT molecular complexity index is 459. The van der Waals surface area contributed by atoms with Gasteiger partial charge in [0.2, 0.25) is 11.8 Å². The number of hydrogen-bond donors (Lipinski definition) is 0. The zero-order valence-electron chi connectivity index (χ0n) is 9.94. The van der Waals surface area contributed by atoms with Crippen LogP contribution in [0.4, 0.5) is 0 Å². The maximum Gasteiger partial charge on any atom is 0.317 e. The Morgan fingerprint density at radius 3 is 2.65 bits per heavy atom. The van der Waals surface area contributed by atoms with Crippen LogP contribution in [-0.2, 0) is 9.53 Å². The average molecular weight is 235 g/mol. The summed E-state index contributed by atoms with van der Waals surface area (Å²) in [7, 11) is 4.33. The molecule has 0 atom stereocenters. The summed E-state index contributed by atoms with van der Waals surface area (Å²) < 4.78 is 14.5. The number of nitrogens with zero attached hydrogens (tertiary/aromatic N) is 1. The molecule has 0 fully saturated rings. The number of methoxy groups -OCH3 is 3. The predicted octanol–water partition coefficient (Wildman–Crippen LogP) is 1.01. The van der Waals surface area contributed by atoms with Crippen LogP contribution in [0.1, 0.15) is 12.0 Å². The van der Waals surface area contributed by atoms with Crippen molar-refractivity contribution in [3.8, 4) is 23.6 Å². The summed E-state index contributed by atoms with van der Waals surface area (Å²) >= 11 is 0. The minimum Gasteiger partial charge on any atom is -0.481 e. The van der Waals surface area contributed by atoms with Crippen LogP contribution in [0.25, 0.3) is 0 Å². The Morgan fingerprint density at radius 1 is 1.29 bits per heavy atom. The third-order valence-corrected chi connectivity index (χ3v) is 1.92. The molecule has 0 aromatic carbocycles. The van der Waals surface area contributed by atoms with Crippen molar-refractivity contribution in [2.45, 2.75) is 6.42 Å². The fourth-order valence-electron chi connectivity index (χ4n) is 1.07. The topological polar surface area (TPSA) is 57.7 Å². The minimum atomic E-state index is -0.377. The van der Waals surface area contributed by atoms with Crippen LogP contribution < -0.4 is 9.47 Å². The Balaban J connectivity index is 2.86. The maximum atomic E-state index is 10.9. The summed E-state index contributed by atoms with van der Waals surface area (Å²) in [6.45, 7) is 0. The second-order valence-electron chi connectivity index (χ2n) is 2.97. The molecule has 5 heteroatoms. The van der Waals surface area contributed by atoms with Crippen molar-refractivity contribution in [3.63, 3.8) is 0 Å². The Hall–Kier alpha value is -2.22. The van der Waals surface area contributed by atoms with E-state index in [0.717, 1.165) is 0 Å². The number of carbonyl (C=O) groups excluding carboxylic acids is 1. The van der Waals surface area contributed by atoms with E-state index < -0.39 is 0 Å². The van der Waals surface area contributed by atoms with Crippen molar-refractivity contribution in [1.82, 2.24) is 4.98 Å². The Kier molecular flexibility index (Phi) is 4.82. The molecule has 0 radical (unpaired) electrons. The minimum absolute atomic E-state index is 0.0334. The van der Waals surface area contributed by atoms with Crippen LogP contribution in [0, 0.1) is 11.8 Å². The van der Waals surface area contributed by atoms with Gasteiger partial charge in [-0.15, -0.1) is 0 Å². The van der Waals surface area contributed by atoms with Crippen LogP contribution in [0.2, 0.25) is 0 Å². The molecule has 5 nitrogen and oxygen atoms in total. The second-order valence-corrected chi connectivity index (χ2v) is 2.97. The van der Waals surface area contributed by atoms with Crippen LogP contribution in [-0.4, -0.2) is 32.3 Å². The van der Waals surface area contributed by atoms with Gasteiger partial charge in [0.15, 0.2) is 0 Å². The lowest BCUT2D eigenvalue weighted by Crippen LogP contribution is -1.98. The van der Waals surface area contributed by atoms with Gasteiger partial charge >= 0.3 is 5.97 Å². The molecule has 0 spiro atoms. The number of rotatable bonds is 3. The van der Waals surface area contributed by atoms with Gasteiger partial charge in [-0.1, -0.05) is 11.8 Å². The van der Waals surface area contributed by atoms with Crippen molar-refractivity contribution in [2.75, 3.05) is 21.3 Å². The van der Waals surface area contributed by atoms with Crippen LogP contribution in [0.3, 0.4) is 0 Å². The van der Waals surface area contributed by atoms with E-state index in [1.54, 1.807) is 12.1 Å². The highest BCUT2D eigenvalue weighted by molar-refractivity contribution is 5.72. The number of esters is 1. The van der Waals surface area contributed by atoms with Gasteiger partial charge in [0.25, 0.3) is 0 Å². The molecule has 0 aliphatic rings. The van der Waals surface area contributed by atoms with Crippen molar-refractivity contribution in [2.24, 2.45) is 0 Å². The molecule has 1 aromatic heterocycles. The summed E-state index contributed by atoms with van der Waals surface area (Å²) in [5.74, 6) is 5.90.